The van der Waals surface area contributed by atoms with E-state index < -0.39 is 26.5 Å². The Morgan fingerprint density at radius 1 is 1.07 bits per heavy atom. The summed E-state index contributed by atoms with van der Waals surface area (Å²) >= 11 is 1.48. The predicted molar refractivity (Wildman–Crippen MR) is 169 cm³/mol. The summed E-state index contributed by atoms with van der Waals surface area (Å²) in [5.41, 5.74) is 2.39. The Morgan fingerprint density at radius 3 is 2.38 bits per heavy atom. The number of unbranched alkanes of at least 4 members (excludes halogenated alkanes) is 1. The fourth-order valence-electron chi connectivity index (χ4n) is 6.35. The highest BCUT2D eigenvalue weighted by atomic mass is 32.2. The lowest BCUT2D eigenvalue weighted by atomic mass is 9.67. The van der Waals surface area contributed by atoms with Crippen LogP contribution in [0.5, 0.6) is 11.5 Å². The number of sulfone groups is 1. The van der Waals surface area contributed by atoms with E-state index in [2.05, 4.69) is 26.0 Å². The Bertz CT molecular complexity index is 1450. The van der Waals surface area contributed by atoms with Crippen molar-refractivity contribution < 1.29 is 27.8 Å². The highest BCUT2D eigenvalue weighted by Gasteiger charge is 2.50. The molecular formula is C34H42O6S2. The van der Waals surface area contributed by atoms with Gasteiger partial charge in [-0.25, -0.2) is 8.42 Å². The number of carboxylic acids is 1. The summed E-state index contributed by atoms with van der Waals surface area (Å²) in [6.07, 6.45) is 6.35. The average molecular weight is 611 g/mol. The van der Waals surface area contributed by atoms with Gasteiger partial charge in [-0.05, 0) is 72.2 Å². The zero-order valence-corrected chi connectivity index (χ0v) is 26.6. The molecule has 4 rings (SSSR count). The third kappa shape index (κ3) is 6.81. The van der Waals surface area contributed by atoms with Crippen LogP contribution in [0.25, 0.3) is 0 Å². The van der Waals surface area contributed by atoms with Crippen LogP contribution in [0.15, 0.2) is 76.5 Å². The number of rotatable bonds is 13. The first-order chi connectivity index (χ1) is 20.2. The Labute approximate surface area is 254 Å². The van der Waals surface area contributed by atoms with Gasteiger partial charge in [0.2, 0.25) is 0 Å². The molecular weight excluding hydrogens is 569 g/mol. The van der Waals surface area contributed by atoms with Crippen molar-refractivity contribution in [1.82, 2.24) is 0 Å². The molecule has 3 unspecified atom stereocenters. The Kier molecular flexibility index (Phi) is 10.7. The normalized spacial score (nSPS) is 21.2. The van der Waals surface area contributed by atoms with E-state index in [0.29, 0.717) is 23.5 Å². The molecule has 0 spiro atoms. The summed E-state index contributed by atoms with van der Waals surface area (Å²) in [5.74, 6) is 0.0686. The van der Waals surface area contributed by atoms with Crippen molar-refractivity contribution in [3.05, 3.63) is 83.4 Å². The van der Waals surface area contributed by atoms with Gasteiger partial charge in [-0.1, -0.05) is 69.2 Å². The highest BCUT2D eigenvalue weighted by molar-refractivity contribution is 7.98. The lowest BCUT2D eigenvalue weighted by Gasteiger charge is -2.40. The van der Waals surface area contributed by atoms with Gasteiger partial charge in [-0.3, -0.25) is 4.79 Å². The number of benzene rings is 3. The lowest BCUT2D eigenvalue weighted by Crippen LogP contribution is -2.42. The van der Waals surface area contributed by atoms with Crippen molar-refractivity contribution in [3.8, 4) is 11.5 Å². The third-order valence-corrected chi connectivity index (χ3v) is 11.9. The molecule has 0 saturated heterocycles. The van der Waals surface area contributed by atoms with Crippen LogP contribution in [0.3, 0.4) is 0 Å². The first-order valence-corrected chi connectivity index (χ1v) is 17.4. The summed E-state index contributed by atoms with van der Waals surface area (Å²) in [7, 11) is -2.23. The molecule has 226 valence electrons. The van der Waals surface area contributed by atoms with E-state index in [1.54, 1.807) is 13.2 Å². The van der Waals surface area contributed by atoms with E-state index in [0.717, 1.165) is 53.0 Å². The Balaban J connectivity index is 1.96. The maximum Gasteiger partial charge on any atom is 0.306 e. The number of carbonyl (C=O) groups is 1. The number of thioether (sulfide) groups is 1. The van der Waals surface area contributed by atoms with Crippen LogP contribution in [0.1, 0.15) is 75.0 Å². The Hall–Kier alpha value is -2.97. The lowest BCUT2D eigenvalue weighted by molar-refractivity contribution is -0.137. The summed E-state index contributed by atoms with van der Waals surface area (Å²) in [4.78, 5) is 12.3. The first-order valence-electron chi connectivity index (χ1n) is 14.7. The van der Waals surface area contributed by atoms with Gasteiger partial charge in [0.1, 0.15) is 11.5 Å². The second-order valence-electron chi connectivity index (χ2n) is 11.1. The number of carboxylic acid groups (broad SMARTS) is 1. The molecule has 0 bridgehead atoms. The van der Waals surface area contributed by atoms with Gasteiger partial charge in [0, 0.05) is 16.9 Å². The monoisotopic (exact) mass is 610 g/mol. The molecule has 1 N–H and O–H groups in total. The topological polar surface area (TPSA) is 89.9 Å². The fourth-order valence-corrected chi connectivity index (χ4v) is 9.47. The molecule has 0 amide bonds. The molecule has 0 aromatic heterocycles. The summed E-state index contributed by atoms with van der Waals surface area (Å²) in [6.45, 7) is 4.26. The van der Waals surface area contributed by atoms with Crippen LogP contribution in [-0.2, 0) is 21.1 Å². The van der Waals surface area contributed by atoms with E-state index in [9.17, 15) is 4.79 Å². The van der Waals surface area contributed by atoms with E-state index >= 15 is 8.42 Å². The van der Waals surface area contributed by atoms with Gasteiger partial charge >= 0.3 is 5.97 Å². The van der Waals surface area contributed by atoms with E-state index in [1.807, 2.05) is 54.8 Å². The standard InChI is InChI=1S/C34H42O6S2/c1-5-7-18-34(6-2)23-28(25-11-9-8-10-12-25)27-21-30(41-4)29(40-19-17-33(35)36)22-31(27)42(37,38)32(34)20-24-13-15-26(39-3)16-14-24/h8-16,21-22,28,32H,5-7,17-20,23H2,1-4H3,(H,35,36). The van der Waals surface area contributed by atoms with Gasteiger partial charge in [-0.15, -0.1) is 11.8 Å². The predicted octanol–water partition coefficient (Wildman–Crippen LogP) is 7.78. The van der Waals surface area contributed by atoms with Crippen molar-refractivity contribution in [3.63, 3.8) is 0 Å². The smallest absolute Gasteiger partial charge is 0.306 e. The molecule has 8 heteroatoms. The summed E-state index contributed by atoms with van der Waals surface area (Å²) in [6, 6.07) is 21.6. The van der Waals surface area contributed by atoms with Crippen LogP contribution >= 0.6 is 11.8 Å². The minimum absolute atomic E-state index is 0.0332. The van der Waals surface area contributed by atoms with Crippen molar-refractivity contribution in [2.24, 2.45) is 5.41 Å². The van der Waals surface area contributed by atoms with Crippen LogP contribution in [0, 0.1) is 5.41 Å². The number of ether oxygens (including phenoxy) is 2. The van der Waals surface area contributed by atoms with Crippen molar-refractivity contribution in [2.45, 2.75) is 79.8 Å². The molecule has 3 atom stereocenters. The van der Waals surface area contributed by atoms with Crippen molar-refractivity contribution >= 4 is 27.6 Å². The quantitative estimate of drug-likeness (QED) is 0.198. The molecule has 0 radical (unpaired) electrons. The second-order valence-corrected chi connectivity index (χ2v) is 14.1. The first kappa shape index (κ1) is 32.0. The number of fused-ring (bicyclic) bond motifs is 1. The molecule has 3 aromatic rings. The number of hydrogen-bond donors (Lipinski definition) is 1. The van der Waals surface area contributed by atoms with E-state index in [-0.39, 0.29) is 18.9 Å². The maximum absolute atomic E-state index is 15.0. The number of aliphatic carboxylic acids is 1. The van der Waals surface area contributed by atoms with Gasteiger partial charge in [0.15, 0.2) is 9.84 Å². The summed E-state index contributed by atoms with van der Waals surface area (Å²) in [5, 5.41) is 8.52. The van der Waals surface area contributed by atoms with Crippen LogP contribution in [-0.4, -0.2) is 44.7 Å². The molecule has 6 nitrogen and oxygen atoms in total. The molecule has 0 saturated carbocycles. The highest BCUT2D eigenvalue weighted by Crippen LogP contribution is 2.54. The molecule has 0 aliphatic carbocycles. The molecule has 1 heterocycles. The number of hydrogen-bond acceptors (Lipinski definition) is 6. The van der Waals surface area contributed by atoms with Crippen LogP contribution in [0.2, 0.25) is 0 Å². The van der Waals surface area contributed by atoms with Crippen LogP contribution in [0.4, 0.5) is 0 Å². The average Bonchev–Trinajstić information content (AvgIpc) is 3.07. The minimum Gasteiger partial charge on any atom is -0.497 e. The van der Waals surface area contributed by atoms with E-state index in [1.165, 1.54) is 11.8 Å². The zero-order valence-electron chi connectivity index (χ0n) is 25.0. The van der Waals surface area contributed by atoms with Crippen molar-refractivity contribution in [1.29, 1.82) is 0 Å². The van der Waals surface area contributed by atoms with Crippen molar-refractivity contribution in [2.75, 3.05) is 20.0 Å². The SMILES string of the molecule is CCCCC1(CC)CC(c2ccccc2)c2cc(SC)c(OCCC(=O)O)cc2S(=O)(=O)C1Cc1ccc(OC)cc1. The maximum atomic E-state index is 15.0. The summed E-state index contributed by atoms with van der Waals surface area (Å²) < 4.78 is 41.3. The van der Waals surface area contributed by atoms with Gasteiger partial charge in [0.25, 0.3) is 0 Å². The molecule has 0 fully saturated rings. The van der Waals surface area contributed by atoms with Gasteiger partial charge < -0.3 is 14.6 Å². The second kappa shape index (κ2) is 14.0. The Morgan fingerprint density at radius 2 is 1.79 bits per heavy atom. The largest absolute Gasteiger partial charge is 0.497 e. The minimum atomic E-state index is -3.85. The molecule has 3 aromatic carbocycles. The van der Waals surface area contributed by atoms with E-state index in [4.69, 9.17) is 14.6 Å². The third-order valence-electron chi connectivity index (χ3n) is 8.73. The molecule has 42 heavy (non-hydrogen) atoms. The zero-order chi connectivity index (χ0) is 30.3. The van der Waals surface area contributed by atoms with Gasteiger partial charge in [-0.2, -0.15) is 0 Å². The van der Waals surface area contributed by atoms with Gasteiger partial charge in [0.05, 0.1) is 30.3 Å². The number of methoxy groups -OCH3 is 1. The molecule has 1 aliphatic heterocycles. The fraction of sp³-hybridized carbons (Fsp3) is 0.441. The van der Waals surface area contributed by atoms with Crippen LogP contribution < -0.4 is 9.47 Å². The molecule has 1 aliphatic rings.